The molecule has 0 amide bonds. The summed E-state index contributed by atoms with van der Waals surface area (Å²) in [6.07, 6.45) is 0. The minimum atomic E-state index is -0.231. The van der Waals surface area contributed by atoms with Crippen LogP contribution < -0.4 is 19.9 Å². The topological polar surface area (TPSA) is 70.8 Å². The van der Waals surface area contributed by atoms with Crippen LogP contribution in [0.2, 0.25) is 0 Å². The minimum Gasteiger partial charge on any atom is -0.497 e. The average molecular weight is 287 g/mol. The molecule has 0 aliphatic heterocycles. The SMILES string of the molecule is COc1ccc(C(=O)c2cc(OC)ccc2OC)c(N)c1. The van der Waals surface area contributed by atoms with Gasteiger partial charge in [0.25, 0.3) is 0 Å². The second kappa shape index (κ2) is 6.17. The van der Waals surface area contributed by atoms with Crippen molar-refractivity contribution in [3.63, 3.8) is 0 Å². The van der Waals surface area contributed by atoms with E-state index in [1.807, 2.05) is 0 Å². The fourth-order valence-electron chi connectivity index (χ4n) is 2.01. The van der Waals surface area contributed by atoms with Gasteiger partial charge >= 0.3 is 0 Å². The number of benzene rings is 2. The van der Waals surface area contributed by atoms with Crippen LogP contribution in [0.5, 0.6) is 17.2 Å². The molecule has 21 heavy (non-hydrogen) atoms. The first-order valence-corrected chi connectivity index (χ1v) is 6.31. The Morgan fingerprint density at radius 3 is 2.05 bits per heavy atom. The predicted octanol–water partition coefficient (Wildman–Crippen LogP) is 2.53. The first kappa shape index (κ1) is 14.7. The molecule has 5 heteroatoms. The summed E-state index contributed by atoms with van der Waals surface area (Å²) in [6.45, 7) is 0. The largest absolute Gasteiger partial charge is 0.497 e. The van der Waals surface area contributed by atoms with E-state index in [4.69, 9.17) is 19.9 Å². The van der Waals surface area contributed by atoms with Gasteiger partial charge in [-0.25, -0.2) is 0 Å². The predicted molar refractivity (Wildman–Crippen MR) is 80.4 cm³/mol. The zero-order valence-corrected chi connectivity index (χ0v) is 12.2. The lowest BCUT2D eigenvalue weighted by Gasteiger charge is -2.11. The molecule has 0 aliphatic rings. The zero-order chi connectivity index (χ0) is 15.4. The number of hydrogen-bond acceptors (Lipinski definition) is 5. The van der Waals surface area contributed by atoms with Crippen molar-refractivity contribution in [3.05, 3.63) is 47.5 Å². The molecule has 2 rings (SSSR count). The summed E-state index contributed by atoms with van der Waals surface area (Å²) >= 11 is 0. The van der Waals surface area contributed by atoms with Crippen LogP contribution in [0.1, 0.15) is 15.9 Å². The Balaban J connectivity index is 2.48. The standard InChI is InChI=1S/C16H17NO4/c1-19-10-5-7-15(21-3)13(8-10)16(18)12-6-4-11(20-2)9-14(12)17/h4-9H,17H2,1-3H3. The van der Waals surface area contributed by atoms with E-state index in [1.165, 1.54) is 14.2 Å². The van der Waals surface area contributed by atoms with Crippen molar-refractivity contribution in [2.45, 2.75) is 0 Å². The molecule has 2 aromatic rings. The van der Waals surface area contributed by atoms with Gasteiger partial charge in [0.1, 0.15) is 17.2 Å². The van der Waals surface area contributed by atoms with Crippen molar-refractivity contribution in [1.29, 1.82) is 0 Å². The maximum atomic E-state index is 12.7. The van der Waals surface area contributed by atoms with Gasteiger partial charge in [0.15, 0.2) is 5.78 Å². The Hall–Kier alpha value is -2.69. The Kier molecular flexibility index (Phi) is 4.33. The number of carbonyl (C=O) groups excluding carboxylic acids is 1. The van der Waals surface area contributed by atoms with Gasteiger partial charge in [-0.15, -0.1) is 0 Å². The molecular formula is C16H17NO4. The summed E-state index contributed by atoms with van der Waals surface area (Å²) in [6, 6.07) is 9.98. The summed E-state index contributed by atoms with van der Waals surface area (Å²) in [5.41, 5.74) is 7.06. The number of methoxy groups -OCH3 is 3. The van der Waals surface area contributed by atoms with Crippen LogP contribution in [0.4, 0.5) is 5.69 Å². The molecule has 110 valence electrons. The van der Waals surface area contributed by atoms with E-state index in [2.05, 4.69) is 0 Å². The highest BCUT2D eigenvalue weighted by Gasteiger charge is 2.18. The molecule has 0 saturated heterocycles. The lowest BCUT2D eigenvalue weighted by molar-refractivity contribution is 0.103. The van der Waals surface area contributed by atoms with Crippen LogP contribution in [0.3, 0.4) is 0 Å². The number of hydrogen-bond donors (Lipinski definition) is 1. The molecule has 0 unspecified atom stereocenters. The third-order valence-electron chi connectivity index (χ3n) is 3.15. The van der Waals surface area contributed by atoms with Crippen molar-refractivity contribution in [3.8, 4) is 17.2 Å². The van der Waals surface area contributed by atoms with Crippen LogP contribution in [-0.4, -0.2) is 27.1 Å². The summed E-state index contributed by atoms with van der Waals surface area (Å²) in [5.74, 6) is 1.41. The molecule has 0 radical (unpaired) electrons. The minimum absolute atomic E-state index is 0.231. The molecule has 5 nitrogen and oxygen atoms in total. The summed E-state index contributed by atoms with van der Waals surface area (Å²) in [5, 5.41) is 0. The van der Waals surface area contributed by atoms with E-state index >= 15 is 0 Å². The monoisotopic (exact) mass is 287 g/mol. The van der Waals surface area contributed by atoms with Gasteiger partial charge in [0.2, 0.25) is 0 Å². The number of anilines is 1. The molecular weight excluding hydrogens is 270 g/mol. The van der Waals surface area contributed by atoms with Gasteiger partial charge in [-0.2, -0.15) is 0 Å². The third-order valence-corrected chi connectivity index (χ3v) is 3.15. The maximum Gasteiger partial charge on any atom is 0.198 e. The highest BCUT2D eigenvalue weighted by molar-refractivity contribution is 6.13. The molecule has 0 bridgehead atoms. The highest BCUT2D eigenvalue weighted by Crippen LogP contribution is 2.29. The van der Waals surface area contributed by atoms with Crippen molar-refractivity contribution >= 4 is 11.5 Å². The van der Waals surface area contributed by atoms with Crippen molar-refractivity contribution in [2.75, 3.05) is 27.1 Å². The smallest absolute Gasteiger partial charge is 0.198 e. The molecule has 0 aliphatic carbocycles. The second-order valence-electron chi connectivity index (χ2n) is 4.35. The summed E-state index contributed by atoms with van der Waals surface area (Å²) in [7, 11) is 4.59. The number of carbonyl (C=O) groups is 1. The molecule has 2 aromatic carbocycles. The van der Waals surface area contributed by atoms with Crippen LogP contribution in [0.15, 0.2) is 36.4 Å². The van der Waals surface area contributed by atoms with Crippen LogP contribution in [0, 0.1) is 0 Å². The first-order chi connectivity index (χ1) is 10.1. The number of nitrogen functional groups attached to an aromatic ring is 1. The van der Waals surface area contributed by atoms with E-state index < -0.39 is 0 Å². The van der Waals surface area contributed by atoms with E-state index in [9.17, 15) is 4.79 Å². The molecule has 2 N–H and O–H groups in total. The zero-order valence-electron chi connectivity index (χ0n) is 12.2. The van der Waals surface area contributed by atoms with Gasteiger partial charge < -0.3 is 19.9 Å². The normalized spacial score (nSPS) is 10.0. The lowest BCUT2D eigenvalue weighted by Crippen LogP contribution is -2.07. The summed E-state index contributed by atoms with van der Waals surface area (Å²) < 4.78 is 15.5. The number of ether oxygens (including phenoxy) is 3. The Morgan fingerprint density at radius 2 is 1.48 bits per heavy atom. The summed E-state index contributed by atoms with van der Waals surface area (Å²) in [4.78, 5) is 12.7. The quantitative estimate of drug-likeness (QED) is 0.676. The number of rotatable bonds is 5. The van der Waals surface area contributed by atoms with E-state index in [0.29, 0.717) is 34.1 Å². The van der Waals surface area contributed by atoms with E-state index in [-0.39, 0.29) is 5.78 Å². The number of ketones is 1. The Labute approximate surface area is 123 Å². The van der Waals surface area contributed by atoms with Crippen molar-refractivity contribution in [1.82, 2.24) is 0 Å². The van der Waals surface area contributed by atoms with Gasteiger partial charge in [-0.1, -0.05) is 0 Å². The van der Waals surface area contributed by atoms with Crippen molar-refractivity contribution < 1.29 is 19.0 Å². The Bertz CT molecular complexity index is 667. The van der Waals surface area contributed by atoms with Crippen LogP contribution in [0.25, 0.3) is 0 Å². The fourth-order valence-corrected chi connectivity index (χ4v) is 2.01. The van der Waals surface area contributed by atoms with Crippen LogP contribution in [-0.2, 0) is 0 Å². The molecule has 0 heterocycles. The van der Waals surface area contributed by atoms with Crippen molar-refractivity contribution in [2.24, 2.45) is 0 Å². The average Bonchev–Trinajstić information content (AvgIpc) is 2.53. The highest BCUT2D eigenvalue weighted by atomic mass is 16.5. The lowest BCUT2D eigenvalue weighted by atomic mass is 10.0. The second-order valence-corrected chi connectivity index (χ2v) is 4.35. The van der Waals surface area contributed by atoms with Crippen LogP contribution >= 0.6 is 0 Å². The molecule has 0 atom stereocenters. The number of nitrogens with two attached hydrogens (primary N) is 1. The Morgan fingerprint density at radius 1 is 0.857 bits per heavy atom. The first-order valence-electron chi connectivity index (χ1n) is 6.31. The van der Waals surface area contributed by atoms with Gasteiger partial charge in [-0.3, -0.25) is 4.79 Å². The van der Waals surface area contributed by atoms with Gasteiger partial charge in [0.05, 0.1) is 26.9 Å². The maximum absolute atomic E-state index is 12.7. The molecule has 0 aromatic heterocycles. The van der Waals surface area contributed by atoms with Gasteiger partial charge in [0, 0.05) is 17.3 Å². The fraction of sp³-hybridized carbons (Fsp3) is 0.188. The van der Waals surface area contributed by atoms with E-state index in [0.717, 1.165) is 0 Å². The molecule has 0 fully saturated rings. The third kappa shape index (κ3) is 2.91. The van der Waals surface area contributed by atoms with Gasteiger partial charge in [-0.05, 0) is 30.3 Å². The molecule has 0 spiro atoms. The van der Waals surface area contributed by atoms with E-state index in [1.54, 1.807) is 43.5 Å². The molecule has 0 saturated carbocycles.